The summed E-state index contributed by atoms with van der Waals surface area (Å²) in [4.78, 5) is 28.2. The van der Waals surface area contributed by atoms with E-state index in [1.165, 1.54) is 4.90 Å². The Morgan fingerprint density at radius 2 is 2.09 bits per heavy atom. The maximum absolute atomic E-state index is 13.0. The Morgan fingerprint density at radius 3 is 2.65 bits per heavy atom. The molecule has 0 aliphatic carbocycles. The molecule has 0 saturated carbocycles. The first-order chi connectivity index (χ1) is 10.8. The van der Waals surface area contributed by atoms with Gasteiger partial charge in [0, 0.05) is 26.7 Å². The lowest BCUT2D eigenvalue weighted by atomic mass is 10.1. The molecule has 126 valence electrons. The van der Waals surface area contributed by atoms with Gasteiger partial charge in [-0.3, -0.25) is 4.79 Å². The minimum atomic E-state index is -0.253. The van der Waals surface area contributed by atoms with E-state index in [-0.39, 0.29) is 18.0 Å². The van der Waals surface area contributed by atoms with Gasteiger partial charge in [-0.15, -0.1) is 0 Å². The Hall–Kier alpha value is -2.08. The maximum Gasteiger partial charge on any atom is 0.321 e. The summed E-state index contributed by atoms with van der Waals surface area (Å²) in [6.07, 6.45) is 0.924. The van der Waals surface area contributed by atoms with E-state index in [1.807, 2.05) is 30.9 Å². The maximum atomic E-state index is 13.0. The number of anilines is 1. The Kier molecular flexibility index (Phi) is 5.26. The average molecular weight is 318 g/mol. The highest BCUT2D eigenvalue weighted by Gasteiger charge is 2.33. The fourth-order valence-electron chi connectivity index (χ4n) is 2.92. The van der Waals surface area contributed by atoms with Crippen molar-refractivity contribution in [2.75, 3.05) is 32.5 Å². The van der Waals surface area contributed by atoms with Gasteiger partial charge in [-0.2, -0.15) is 0 Å². The van der Waals surface area contributed by atoms with E-state index < -0.39 is 0 Å². The Labute approximate surface area is 137 Å². The quantitative estimate of drug-likeness (QED) is 0.893. The molecule has 6 nitrogen and oxygen atoms in total. The fourth-order valence-corrected chi connectivity index (χ4v) is 2.92. The number of urea groups is 1. The molecule has 1 heterocycles. The van der Waals surface area contributed by atoms with Crippen LogP contribution in [0.2, 0.25) is 0 Å². The predicted octanol–water partition coefficient (Wildman–Crippen LogP) is 1.90. The Morgan fingerprint density at radius 1 is 1.39 bits per heavy atom. The molecule has 0 bridgehead atoms. The third kappa shape index (κ3) is 3.82. The van der Waals surface area contributed by atoms with Crippen LogP contribution in [0.1, 0.15) is 29.3 Å². The van der Waals surface area contributed by atoms with E-state index in [0.717, 1.165) is 12.0 Å². The van der Waals surface area contributed by atoms with Crippen LogP contribution in [0.25, 0.3) is 0 Å². The van der Waals surface area contributed by atoms with Crippen LogP contribution in [0.15, 0.2) is 18.2 Å². The summed E-state index contributed by atoms with van der Waals surface area (Å²) in [5, 5.41) is 2.80. The number of carbonyl (C=O) groups excluding carboxylic acids is 2. The molecular formula is C17H26N4O2. The molecule has 0 radical (unpaired) electrons. The van der Waals surface area contributed by atoms with Crippen molar-refractivity contribution < 1.29 is 9.59 Å². The molecule has 1 saturated heterocycles. The lowest BCUT2D eigenvalue weighted by Crippen LogP contribution is -2.35. The zero-order valence-corrected chi connectivity index (χ0v) is 14.3. The number of likely N-dealkylation sites (tertiary alicyclic amines) is 1. The van der Waals surface area contributed by atoms with Crippen LogP contribution in [0.3, 0.4) is 0 Å². The summed E-state index contributed by atoms with van der Waals surface area (Å²) in [5.74, 6) is 0.296. The predicted molar refractivity (Wildman–Crippen MR) is 91.5 cm³/mol. The number of nitrogens with one attached hydrogen (secondary N) is 1. The molecule has 2 atom stereocenters. The molecule has 3 N–H and O–H groups in total. The SMILES string of the molecule is Cc1ccc(NC(=O)N(C)C)c(C(=O)N2CC(CN)CC2C)c1. The van der Waals surface area contributed by atoms with Crippen LogP contribution in [-0.4, -0.2) is 55.0 Å². The van der Waals surface area contributed by atoms with Crippen LogP contribution >= 0.6 is 0 Å². The number of nitrogens with two attached hydrogens (primary N) is 1. The summed E-state index contributed by atoms with van der Waals surface area (Å²) in [6.45, 7) is 5.24. The number of carbonyl (C=O) groups is 2. The van der Waals surface area contributed by atoms with E-state index in [4.69, 9.17) is 5.73 Å². The number of rotatable bonds is 3. The summed E-state index contributed by atoms with van der Waals surface area (Å²) in [5.41, 5.74) is 7.81. The van der Waals surface area contributed by atoms with Gasteiger partial charge in [-0.05, 0) is 44.9 Å². The van der Waals surface area contributed by atoms with Crippen LogP contribution in [0.4, 0.5) is 10.5 Å². The minimum absolute atomic E-state index is 0.0498. The highest BCUT2D eigenvalue weighted by atomic mass is 16.2. The van der Waals surface area contributed by atoms with Gasteiger partial charge in [0.25, 0.3) is 5.91 Å². The first kappa shape index (κ1) is 17.3. The highest BCUT2D eigenvalue weighted by Crippen LogP contribution is 2.27. The van der Waals surface area contributed by atoms with Gasteiger partial charge in [-0.25, -0.2) is 4.79 Å². The molecule has 3 amide bonds. The molecule has 6 heteroatoms. The van der Waals surface area contributed by atoms with E-state index in [2.05, 4.69) is 5.32 Å². The standard InChI is InChI=1S/C17H26N4O2/c1-11-5-6-15(19-17(23)20(3)4)14(7-11)16(22)21-10-13(9-18)8-12(21)2/h5-7,12-13H,8-10,18H2,1-4H3,(H,19,23). The number of hydrogen-bond acceptors (Lipinski definition) is 3. The van der Waals surface area contributed by atoms with Gasteiger partial charge >= 0.3 is 6.03 Å². The largest absolute Gasteiger partial charge is 0.336 e. The van der Waals surface area contributed by atoms with E-state index in [1.54, 1.807) is 20.2 Å². The minimum Gasteiger partial charge on any atom is -0.336 e. The molecule has 1 aromatic rings. The normalized spacial score (nSPS) is 20.5. The summed E-state index contributed by atoms with van der Waals surface area (Å²) >= 11 is 0. The van der Waals surface area contributed by atoms with Crippen molar-refractivity contribution in [3.05, 3.63) is 29.3 Å². The smallest absolute Gasteiger partial charge is 0.321 e. The van der Waals surface area contributed by atoms with Gasteiger partial charge < -0.3 is 20.9 Å². The first-order valence-corrected chi connectivity index (χ1v) is 7.93. The Bertz CT molecular complexity index is 600. The van der Waals surface area contributed by atoms with E-state index >= 15 is 0 Å². The number of nitrogens with zero attached hydrogens (tertiary/aromatic N) is 2. The van der Waals surface area contributed by atoms with Crippen molar-refractivity contribution in [1.29, 1.82) is 0 Å². The number of amides is 3. The van der Waals surface area contributed by atoms with Gasteiger partial charge in [0.2, 0.25) is 0 Å². The van der Waals surface area contributed by atoms with Crippen molar-refractivity contribution in [2.45, 2.75) is 26.3 Å². The molecule has 1 aliphatic heterocycles. The molecular weight excluding hydrogens is 292 g/mol. The van der Waals surface area contributed by atoms with Crippen molar-refractivity contribution in [3.8, 4) is 0 Å². The summed E-state index contributed by atoms with van der Waals surface area (Å²) in [7, 11) is 3.33. The average Bonchev–Trinajstić information content (AvgIpc) is 2.89. The Balaban J connectivity index is 2.28. The summed E-state index contributed by atoms with van der Waals surface area (Å²) < 4.78 is 0. The molecule has 2 unspecified atom stereocenters. The van der Waals surface area contributed by atoms with Gasteiger partial charge in [0.1, 0.15) is 0 Å². The summed E-state index contributed by atoms with van der Waals surface area (Å²) in [6, 6.07) is 5.41. The van der Waals surface area contributed by atoms with Crippen LogP contribution in [0.5, 0.6) is 0 Å². The second-order valence-corrected chi connectivity index (χ2v) is 6.52. The third-order valence-electron chi connectivity index (χ3n) is 4.31. The fraction of sp³-hybridized carbons (Fsp3) is 0.529. The highest BCUT2D eigenvalue weighted by molar-refractivity contribution is 6.03. The molecule has 2 rings (SSSR count). The van der Waals surface area contributed by atoms with Gasteiger partial charge in [0.05, 0.1) is 11.3 Å². The first-order valence-electron chi connectivity index (χ1n) is 7.93. The number of benzene rings is 1. The van der Waals surface area contributed by atoms with Gasteiger partial charge in [0.15, 0.2) is 0 Å². The molecule has 1 fully saturated rings. The van der Waals surface area contributed by atoms with Crippen LogP contribution < -0.4 is 11.1 Å². The van der Waals surface area contributed by atoms with Crippen molar-refractivity contribution in [3.63, 3.8) is 0 Å². The zero-order chi connectivity index (χ0) is 17.1. The van der Waals surface area contributed by atoms with Crippen molar-refractivity contribution >= 4 is 17.6 Å². The third-order valence-corrected chi connectivity index (χ3v) is 4.31. The molecule has 1 aromatic carbocycles. The number of hydrogen-bond donors (Lipinski definition) is 2. The molecule has 23 heavy (non-hydrogen) atoms. The topological polar surface area (TPSA) is 78.7 Å². The van der Waals surface area contributed by atoms with E-state index in [0.29, 0.717) is 30.3 Å². The zero-order valence-electron chi connectivity index (χ0n) is 14.3. The van der Waals surface area contributed by atoms with Crippen LogP contribution in [0, 0.1) is 12.8 Å². The van der Waals surface area contributed by atoms with Gasteiger partial charge in [-0.1, -0.05) is 11.6 Å². The lowest BCUT2D eigenvalue weighted by molar-refractivity contribution is 0.0744. The second kappa shape index (κ2) is 7.00. The molecule has 0 spiro atoms. The monoisotopic (exact) mass is 318 g/mol. The second-order valence-electron chi connectivity index (χ2n) is 6.52. The lowest BCUT2D eigenvalue weighted by Gasteiger charge is -2.24. The molecule has 1 aliphatic rings. The van der Waals surface area contributed by atoms with Crippen LogP contribution in [-0.2, 0) is 0 Å². The van der Waals surface area contributed by atoms with Crippen molar-refractivity contribution in [2.24, 2.45) is 11.7 Å². The number of aryl methyl sites for hydroxylation is 1. The van der Waals surface area contributed by atoms with E-state index in [9.17, 15) is 9.59 Å². The van der Waals surface area contributed by atoms with Crippen molar-refractivity contribution in [1.82, 2.24) is 9.80 Å². The molecule has 0 aromatic heterocycles.